The summed E-state index contributed by atoms with van der Waals surface area (Å²) in [6.07, 6.45) is 7.71. The minimum Gasteiger partial charge on any atom is -0.494 e. The molecule has 0 radical (unpaired) electrons. The van der Waals surface area contributed by atoms with Crippen molar-refractivity contribution in [1.82, 2.24) is 14.9 Å². The highest BCUT2D eigenvalue weighted by Gasteiger charge is 2.24. The number of benzene rings is 1. The van der Waals surface area contributed by atoms with Crippen molar-refractivity contribution in [2.45, 2.75) is 39.0 Å². The topological polar surface area (TPSA) is 61.8 Å². The van der Waals surface area contributed by atoms with Crippen LogP contribution in [0.4, 0.5) is 11.8 Å². The first-order valence-electron chi connectivity index (χ1n) is 11.6. The maximum Gasteiger partial charge on any atom is 0.253 e. The van der Waals surface area contributed by atoms with E-state index >= 15 is 0 Å². The molecule has 0 N–H and O–H groups in total. The van der Waals surface area contributed by atoms with E-state index in [1.165, 1.54) is 19.3 Å². The number of nitrogens with zero attached hydrogens (tertiary/aromatic N) is 5. The zero-order chi connectivity index (χ0) is 21.5. The highest BCUT2D eigenvalue weighted by atomic mass is 16.5. The van der Waals surface area contributed by atoms with Gasteiger partial charge in [-0.3, -0.25) is 4.79 Å². The Kier molecular flexibility index (Phi) is 7.22. The minimum absolute atomic E-state index is 0.0800. The second-order valence-electron chi connectivity index (χ2n) is 8.27. The summed E-state index contributed by atoms with van der Waals surface area (Å²) in [5, 5.41) is 0. The first-order valence-corrected chi connectivity index (χ1v) is 11.6. The van der Waals surface area contributed by atoms with Gasteiger partial charge < -0.3 is 19.4 Å². The largest absolute Gasteiger partial charge is 0.494 e. The smallest absolute Gasteiger partial charge is 0.253 e. The van der Waals surface area contributed by atoms with Crippen LogP contribution in [0.1, 0.15) is 49.4 Å². The third-order valence-corrected chi connectivity index (χ3v) is 6.03. The molecule has 0 atom stereocenters. The van der Waals surface area contributed by atoms with Crippen LogP contribution in [-0.4, -0.2) is 66.7 Å². The van der Waals surface area contributed by atoms with E-state index in [1.54, 1.807) is 0 Å². The summed E-state index contributed by atoms with van der Waals surface area (Å²) in [7, 11) is 0. The Bertz CT molecular complexity index is 843. The van der Waals surface area contributed by atoms with Gasteiger partial charge in [0.05, 0.1) is 6.61 Å². The highest BCUT2D eigenvalue weighted by Crippen LogP contribution is 2.21. The number of ether oxygens (including phenoxy) is 1. The van der Waals surface area contributed by atoms with Crippen molar-refractivity contribution in [2.24, 2.45) is 0 Å². The number of amides is 1. The van der Waals surface area contributed by atoms with Crippen LogP contribution >= 0.6 is 0 Å². The Balaban J connectivity index is 1.31. The van der Waals surface area contributed by atoms with Crippen molar-refractivity contribution in [1.29, 1.82) is 0 Å². The maximum absolute atomic E-state index is 12.9. The van der Waals surface area contributed by atoms with Crippen LogP contribution in [0, 0.1) is 0 Å². The molecule has 1 aromatic heterocycles. The molecule has 2 aliphatic heterocycles. The summed E-state index contributed by atoms with van der Waals surface area (Å²) in [5.41, 5.74) is 0.714. The van der Waals surface area contributed by atoms with Gasteiger partial charge in [-0.25, -0.2) is 4.98 Å². The molecular formula is C24H33N5O2. The zero-order valence-electron chi connectivity index (χ0n) is 18.5. The van der Waals surface area contributed by atoms with E-state index in [1.807, 2.05) is 41.4 Å². The predicted molar refractivity (Wildman–Crippen MR) is 123 cm³/mol. The zero-order valence-corrected chi connectivity index (χ0v) is 18.5. The third kappa shape index (κ3) is 5.46. The van der Waals surface area contributed by atoms with E-state index in [9.17, 15) is 4.79 Å². The third-order valence-electron chi connectivity index (χ3n) is 6.03. The number of piperidine rings is 1. The lowest BCUT2D eigenvalue weighted by Crippen LogP contribution is -2.49. The lowest BCUT2D eigenvalue weighted by Gasteiger charge is -2.36. The molecule has 31 heavy (non-hydrogen) atoms. The first-order chi connectivity index (χ1) is 15.2. The molecule has 3 heterocycles. The van der Waals surface area contributed by atoms with Gasteiger partial charge in [-0.1, -0.05) is 13.3 Å². The lowest BCUT2D eigenvalue weighted by atomic mass is 10.1. The summed E-state index contributed by atoms with van der Waals surface area (Å²) in [6, 6.07) is 9.49. The second-order valence-corrected chi connectivity index (χ2v) is 8.27. The Morgan fingerprint density at radius 2 is 1.68 bits per heavy atom. The van der Waals surface area contributed by atoms with Crippen LogP contribution in [0.2, 0.25) is 0 Å². The SMILES string of the molecule is CCCCOc1ccc(C(=O)N2CCN(c3ccnc(N4CCCCC4)n3)CC2)cc1. The van der Waals surface area contributed by atoms with E-state index < -0.39 is 0 Å². The number of carbonyl (C=O) groups is 1. The van der Waals surface area contributed by atoms with Crippen LogP contribution in [0.5, 0.6) is 5.75 Å². The van der Waals surface area contributed by atoms with E-state index in [0.717, 1.165) is 56.5 Å². The van der Waals surface area contributed by atoms with Gasteiger partial charge in [0.2, 0.25) is 5.95 Å². The molecular weight excluding hydrogens is 390 g/mol. The van der Waals surface area contributed by atoms with Crippen molar-refractivity contribution < 1.29 is 9.53 Å². The monoisotopic (exact) mass is 423 g/mol. The van der Waals surface area contributed by atoms with Gasteiger partial charge in [-0.05, 0) is 56.0 Å². The molecule has 7 nitrogen and oxygen atoms in total. The summed E-state index contributed by atoms with van der Waals surface area (Å²) in [5.74, 6) is 2.69. The fourth-order valence-corrected chi connectivity index (χ4v) is 4.11. The number of aromatic nitrogens is 2. The Labute approximate surface area is 185 Å². The van der Waals surface area contributed by atoms with E-state index in [2.05, 4.69) is 21.7 Å². The number of rotatable bonds is 7. The van der Waals surface area contributed by atoms with Gasteiger partial charge in [0.25, 0.3) is 5.91 Å². The number of hydrogen-bond acceptors (Lipinski definition) is 6. The quantitative estimate of drug-likeness (QED) is 0.634. The van der Waals surface area contributed by atoms with Crippen molar-refractivity contribution in [3.05, 3.63) is 42.1 Å². The maximum atomic E-state index is 12.9. The molecule has 166 valence electrons. The number of anilines is 2. The van der Waals surface area contributed by atoms with Gasteiger partial charge in [0.15, 0.2) is 0 Å². The van der Waals surface area contributed by atoms with Crippen molar-refractivity contribution in [2.75, 3.05) is 55.7 Å². The number of hydrogen-bond donors (Lipinski definition) is 0. The standard InChI is InChI=1S/C24H33N5O2/c1-2-3-19-31-21-9-7-20(8-10-21)23(30)28-17-15-27(16-18-28)22-11-12-25-24(26-22)29-13-5-4-6-14-29/h7-12H,2-6,13-19H2,1H3. The van der Waals surface area contributed by atoms with Crippen molar-refractivity contribution in [3.8, 4) is 5.75 Å². The average Bonchev–Trinajstić information content (AvgIpc) is 2.85. The van der Waals surface area contributed by atoms with Crippen molar-refractivity contribution >= 4 is 17.7 Å². The minimum atomic E-state index is 0.0800. The summed E-state index contributed by atoms with van der Waals surface area (Å²) < 4.78 is 5.70. The van der Waals surface area contributed by atoms with Crippen LogP contribution in [0.3, 0.4) is 0 Å². The van der Waals surface area contributed by atoms with E-state index in [-0.39, 0.29) is 5.91 Å². The van der Waals surface area contributed by atoms with Gasteiger partial charge in [0.1, 0.15) is 11.6 Å². The van der Waals surface area contributed by atoms with Crippen molar-refractivity contribution in [3.63, 3.8) is 0 Å². The normalized spacial score (nSPS) is 17.0. The number of unbranched alkanes of at least 4 members (excludes halogenated alkanes) is 1. The molecule has 2 saturated heterocycles. The van der Waals surface area contributed by atoms with Crippen LogP contribution in [-0.2, 0) is 0 Å². The molecule has 0 saturated carbocycles. The molecule has 0 aliphatic carbocycles. The fourth-order valence-electron chi connectivity index (χ4n) is 4.11. The van der Waals surface area contributed by atoms with Gasteiger partial charge in [-0.2, -0.15) is 4.98 Å². The molecule has 1 aromatic carbocycles. The summed E-state index contributed by atoms with van der Waals surface area (Å²) in [6.45, 7) is 7.87. The molecule has 2 aromatic rings. The molecule has 0 bridgehead atoms. The Morgan fingerprint density at radius 3 is 2.39 bits per heavy atom. The first kappa shape index (κ1) is 21.4. The van der Waals surface area contributed by atoms with Gasteiger partial charge in [-0.15, -0.1) is 0 Å². The van der Waals surface area contributed by atoms with Crippen LogP contribution < -0.4 is 14.5 Å². The molecule has 2 aliphatic rings. The molecule has 2 fully saturated rings. The second kappa shape index (κ2) is 10.5. The molecule has 4 rings (SSSR count). The van der Waals surface area contributed by atoms with E-state index in [4.69, 9.17) is 9.72 Å². The highest BCUT2D eigenvalue weighted by molar-refractivity contribution is 5.94. The van der Waals surface area contributed by atoms with Gasteiger partial charge in [0, 0.05) is 51.0 Å². The molecule has 7 heteroatoms. The predicted octanol–water partition coefficient (Wildman–Crippen LogP) is 3.61. The average molecular weight is 424 g/mol. The van der Waals surface area contributed by atoms with Crippen LogP contribution in [0.15, 0.2) is 36.5 Å². The molecule has 0 unspecified atom stereocenters. The summed E-state index contributed by atoms with van der Waals surface area (Å²) in [4.78, 5) is 28.7. The molecule has 1 amide bonds. The molecule has 0 spiro atoms. The van der Waals surface area contributed by atoms with E-state index in [0.29, 0.717) is 25.3 Å². The number of piperazine rings is 1. The van der Waals surface area contributed by atoms with Gasteiger partial charge >= 0.3 is 0 Å². The number of carbonyl (C=O) groups excluding carboxylic acids is 1. The Hall–Kier alpha value is -2.83. The lowest BCUT2D eigenvalue weighted by molar-refractivity contribution is 0.0746. The fraction of sp³-hybridized carbons (Fsp3) is 0.542. The Morgan fingerprint density at radius 1 is 0.935 bits per heavy atom. The van der Waals surface area contributed by atoms with Crippen LogP contribution in [0.25, 0.3) is 0 Å². The summed E-state index contributed by atoms with van der Waals surface area (Å²) >= 11 is 0.